The van der Waals surface area contributed by atoms with E-state index >= 15 is 0 Å². The van der Waals surface area contributed by atoms with E-state index in [0.717, 1.165) is 0 Å². The minimum atomic E-state index is -3.00. The van der Waals surface area contributed by atoms with E-state index < -0.39 is 9.84 Å². The highest BCUT2D eigenvalue weighted by molar-refractivity contribution is 7.91. The van der Waals surface area contributed by atoms with Gasteiger partial charge in [-0.3, -0.25) is 0 Å². The molecule has 0 aliphatic carbocycles. The first-order chi connectivity index (χ1) is 6.58. The smallest absolute Gasteiger partial charge is 0.429 e. The number of benzene rings is 1. The molecule has 1 aromatic rings. The Labute approximate surface area is 84.4 Å². The molecule has 0 saturated heterocycles. The molecule has 0 spiro atoms. The number of sulfone groups is 1. The molecule has 0 atom stereocenters. The van der Waals surface area contributed by atoms with Crippen molar-refractivity contribution in [3.8, 4) is 0 Å². The maximum absolute atomic E-state index is 11.2. The van der Waals surface area contributed by atoms with Gasteiger partial charge in [-0.05, 0) is 12.1 Å². The zero-order valence-corrected chi connectivity index (χ0v) is 8.61. The van der Waals surface area contributed by atoms with Crippen LogP contribution in [0.5, 0.6) is 0 Å². The van der Waals surface area contributed by atoms with Gasteiger partial charge in [-0.25, -0.2) is 8.42 Å². The Morgan fingerprint density at radius 3 is 2.00 bits per heavy atom. The Morgan fingerprint density at radius 2 is 1.64 bits per heavy atom. The second kappa shape index (κ2) is 6.59. The van der Waals surface area contributed by atoms with Crippen LogP contribution in [0.15, 0.2) is 35.2 Å². The summed E-state index contributed by atoms with van der Waals surface area (Å²) >= 11 is 0. The highest BCUT2D eigenvalue weighted by Gasteiger charge is 2.08. The predicted molar refractivity (Wildman–Crippen MR) is 54.4 cm³/mol. The molecule has 14 heavy (non-hydrogen) atoms. The fourth-order valence-corrected chi connectivity index (χ4v) is 1.70. The molecule has 0 saturated carbocycles. The van der Waals surface area contributed by atoms with Crippen molar-refractivity contribution in [2.75, 3.05) is 5.75 Å². The predicted octanol–water partition coefficient (Wildman–Crippen LogP) is -0.0146. The van der Waals surface area contributed by atoms with Crippen molar-refractivity contribution in [1.29, 1.82) is 0 Å². The maximum atomic E-state index is 11.2. The minimum Gasteiger partial charge on any atom is -0.429 e. The first-order valence-electron chi connectivity index (χ1n) is 3.96. The Bertz CT molecular complexity index is 336. The van der Waals surface area contributed by atoms with Crippen molar-refractivity contribution >= 4 is 17.5 Å². The van der Waals surface area contributed by atoms with E-state index in [1.807, 2.05) is 0 Å². The third-order valence-electron chi connectivity index (χ3n) is 1.48. The van der Waals surface area contributed by atoms with Crippen LogP contribution in [0, 0.1) is 0 Å². The fourth-order valence-electron chi connectivity index (χ4n) is 0.794. The second-order valence-corrected chi connectivity index (χ2v) is 4.61. The van der Waals surface area contributed by atoms with E-state index in [2.05, 4.69) is 0 Å². The van der Waals surface area contributed by atoms with Crippen LogP contribution in [-0.2, 0) is 9.84 Å². The second-order valence-electron chi connectivity index (χ2n) is 2.33. The number of rotatable bonds is 2. The molecule has 0 bridgehead atoms. The summed E-state index contributed by atoms with van der Waals surface area (Å²) in [6, 6.07) is 8.47. The number of hydrogen-bond acceptors (Lipinski definition) is 4. The molecule has 6 heteroatoms. The van der Waals surface area contributed by atoms with Crippen molar-refractivity contribution in [1.82, 2.24) is 0 Å². The fraction of sp³-hybridized carbons (Fsp3) is 0.250. The van der Waals surface area contributed by atoms with E-state index in [-0.39, 0.29) is 13.4 Å². The lowest BCUT2D eigenvalue weighted by atomic mass is 10.4. The maximum Gasteiger partial charge on any atom is 0.482 e. The van der Waals surface area contributed by atoms with Crippen molar-refractivity contribution < 1.29 is 18.5 Å². The molecule has 2 N–H and O–H groups in total. The summed E-state index contributed by atoms with van der Waals surface area (Å²) in [5.41, 5.74) is 0. The molecule has 77 valence electrons. The standard InChI is InChI=1S/C8H10O2S.BH2O2/c1-2-11(9,10)8-6-4-3-5-7-8;2-1-3/h3-7H,2H2,1H3;2-3H. The average Bonchev–Trinajstić information content (AvgIpc) is 2.20. The Morgan fingerprint density at radius 1 is 1.21 bits per heavy atom. The van der Waals surface area contributed by atoms with Gasteiger partial charge in [0.25, 0.3) is 0 Å². The van der Waals surface area contributed by atoms with Crippen molar-refractivity contribution in [2.45, 2.75) is 11.8 Å². The summed E-state index contributed by atoms with van der Waals surface area (Å²) in [6.45, 7) is 1.64. The molecule has 1 radical (unpaired) electrons. The first-order valence-corrected chi connectivity index (χ1v) is 5.61. The number of hydrogen-bond donors (Lipinski definition) is 2. The zero-order valence-electron chi connectivity index (χ0n) is 7.79. The molecular formula is C8H12BO4S. The molecule has 0 unspecified atom stereocenters. The quantitative estimate of drug-likeness (QED) is 0.680. The lowest BCUT2D eigenvalue weighted by molar-refractivity contribution is 0.448. The van der Waals surface area contributed by atoms with Gasteiger partial charge in [0.05, 0.1) is 10.6 Å². The van der Waals surface area contributed by atoms with Crippen LogP contribution in [-0.4, -0.2) is 31.9 Å². The van der Waals surface area contributed by atoms with Gasteiger partial charge < -0.3 is 10.0 Å². The molecule has 0 aliphatic heterocycles. The lowest BCUT2D eigenvalue weighted by Crippen LogP contribution is -2.02. The third kappa shape index (κ3) is 4.41. The molecule has 0 amide bonds. The van der Waals surface area contributed by atoms with Gasteiger partial charge in [0, 0.05) is 0 Å². The molecule has 0 aliphatic rings. The van der Waals surface area contributed by atoms with Crippen LogP contribution in [0.3, 0.4) is 0 Å². The topological polar surface area (TPSA) is 74.6 Å². The summed E-state index contributed by atoms with van der Waals surface area (Å²) in [5.74, 6) is 0.164. The van der Waals surface area contributed by atoms with E-state index in [1.54, 1.807) is 37.3 Å². The largest absolute Gasteiger partial charge is 0.482 e. The molecule has 0 aromatic heterocycles. The summed E-state index contributed by atoms with van der Waals surface area (Å²) in [6.07, 6.45) is 0. The van der Waals surface area contributed by atoms with Crippen LogP contribution in [0.4, 0.5) is 0 Å². The molecule has 0 heterocycles. The van der Waals surface area contributed by atoms with Crippen LogP contribution in [0.1, 0.15) is 6.92 Å². The van der Waals surface area contributed by atoms with Gasteiger partial charge in [0.15, 0.2) is 9.84 Å². The first kappa shape index (κ1) is 13.2. The normalized spacial score (nSPS) is 9.93. The molecular weight excluding hydrogens is 203 g/mol. The van der Waals surface area contributed by atoms with Crippen LogP contribution in [0.25, 0.3) is 0 Å². The van der Waals surface area contributed by atoms with Crippen LogP contribution >= 0.6 is 0 Å². The van der Waals surface area contributed by atoms with Crippen molar-refractivity contribution in [2.24, 2.45) is 0 Å². The highest BCUT2D eigenvalue weighted by Crippen LogP contribution is 2.08. The van der Waals surface area contributed by atoms with Crippen molar-refractivity contribution in [3.05, 3.63) is 30.3 Å². The van der Waals surface area contributed by atoms with Gasteiger partial charge in [0.2, 0.25) is 0 Å². The Balaban J connectivity index is 0.000000500. The summed E-state index contributed by atoms with van der Waals surface area (Å²) < 4.78 is 22.4. The van der Waals surface area contributed by atoms with Gasteiger partial charge in [0.1, 0.15) is 0 Å². The van der Waals surface area contributed by atoms with E-state index in [4.69, 9.17) is 10.0 Å². The van der Waals surface area contributed by atoms with E-state index in [9.17, 15) is 8.42 Å². The van der Waals surface area contributed by atoms with Crippen LogP contribution in [0.2, 0.25) is 0 Å². The van der Waals surface area contributed by atoms with Gasteiger partial charge >= 0.3 is 7.69 Å². The zero-order chi connectivity index (χ0) is 11.0. The van der Waals surface area contributed by atoms with Crippen molar-refractivity contribution in [3.63, 3.8) is 0 Å². The van der Waals surface area contributed by atoms with E-state index in [0.29, 0.717) is 4.90 Å². The molecule has 4 nitrogen and oxygen atoms in total. The summed E-state index contributed by atoms with van der Waals surface area (Å²) in [5, 5.41) is 14.0. The Hall–Kier alpha value is -0.845. The third-order valence-corrected chi connectivity index (χ3v) is 3.23. The van der Waals surface area contributed by atoms with Gasteiger partial charge in [-0.2, -0.15) is 0 Å². The molecule has 1 rings (SSSR count). The van der Waals surface area contributed by atoms with Gasteiger partial charge in [-0.1, -0.05) is 25.1 Å². The summed E-state index contributed by atoms with van der Waals surface area (Å²) in [4.78, 5) is 0.405. The molecule has 1 aromatic carbocycles. The van der Waals surface area contributed by atoms with Gasteiger partial charge in [-0.15, -0.1) is 0 Å². The lowest BCUT2D eigenvalue weighted by Gasteiger charge is -1.98. The average molecular weight is 215 g/mol. The molecule has 0 fully saturated rings. The Kier molecular flexibility index (Phi) is 6.19. The minimum absolute atomic E-state index is 0. The summed E-state index contributed by atoms with van der Waals surface area (Å²) in [7, 11) is -3.00. The van der Waals surface area contributed by atoms with Crippen LogP contribution < -0.4 is 0 Å². The highest BCUT2D eigenvalue weighted by atomic mass is 32.2. The SMILES string of the molecule is CCS(=O)(=O)c1ccccc1.O[B]O. The monoisotopic (exact) mass is 215 g/mol. The van der Waals surface area contributed by atoms with E-state index in [1.165, 1.54) is 0 Å².